The Morgan fingerprint density at radius 3 is 2.11 bits per heavy atom. The standard InChI is InChI=1S/C25H19NO/c27-25(23-15-7-6-13-21(23)19-10-2-1-3-11-19)18-20-12-4-5-14-22(20)24-16-8-9-17-26-24/h1-17H,18H2. The number of carbonyl (C=O) groups excluding carboxylic acids is 1. The summed E-state index contributed by atoms with van der Waals surface area (Å²) >= 11 is 0. The second kappa shape index (κ2) is 7.79. The zero-order valence-corrected chi connectivity index (χ0v) is 14.9. The molecule has 2 heteroatoms. The first kappa shape index (κ1) is 16.9. The Balaban J connectivity index is 1.69. The van der Waals surface area contributed by atoms with Gasteiger partial charge < -0.3 is 0 Å². The van der Waals surface area contributed by atoms with Gasteiger partial charge in [-0.1, -0.05) is 84.9 Å². The van der Waals surface area contributed by atoms with Gasteiger partial charge in [0.2, 0.25) is 0 Å². The minimum atomic E-state index is 0.109. The SMILES string of the molecule is O=C(Cc1ccccc1-c1ccccn1)c1ccccc1-c1ccccc1. The molecule has 0 atom stereocenters. The fourth-order valence-corrected chi connectivity index (χ4v) is 3.31. The van der Waals surface area contributed by atoms with E-state index in [4.69, 9.17) is 0 Å². The minimum absolute atomic E-state index is 0.109. The summed E-state index contributed by atoms with van der Waals surface area (Å²) in [7, 11) is 0. The molecule has 0 aliphatic carbocycles. The molecule has 0 bridgehead atoms. The molecule has 4 aromatic rings. The average Bonchev–Trinajstić information content (AvgIpc) is 2.75. The van der Waals surface area contributed by atoms with Gasteiger partial charge in [0.1, 0.15) is 0 Å². The highest BCUT2D eigenvalue weighted by atomic mass is 16.1. The maximum atomic E-state index is 13.2. The van der Waals surface area contributed by atoms with Gasteiger partial charge in [-0.25, -0.2) is 0 Å². The molecule has 0 amide bonds. The smallest absolute Gasteiger partial charge is 0.167 e. The van der Waals surface area contributed by atoms with E-state index >= 15 is 0 Å². The summed E-state index contributed by atoms with van der Waals surface area (Å²) in [6.07, 6.45) is 2.12. The maximum Gasteiger partial charge on any atom is 0.167 e. The molecule has 0 aliphatic heterocycles. The number of hydrogen-bond acceptors (Lipinski definition) is 2. The quantitative estimate of drug-likeness (QED) is 0.424. The zero-order valence-electron chi connectivity index (χ0n) is 14.9. The van der Waals surface area contributed by atoms with E-state index in [9.17, 15) is 4.79 Å². The molecule has 1 heterocycles. The molecule has 0 radical (unpaired) electrons. The van der Waals surface area contributed by atoms with Crippen LogP contribution in [0.15, 0.2) is 103 Å². The Kier molecular flexibility index (Phi) is 4.88. The first-order valence-corrected chi connectivity index (χ1v) is 9.00. The van der Waals surface area contributed by atoms with E-state index < -0.39 is 0 Å². The van der Waals surface area contributed by atoms with Gasteiger partial charge in [-0.05, 0) is 28.8 Å². The van der Waals surface area contributed by atoms with Crippen molar-refractivity contribution in [2.24, 2.45) is 0 Å². The Hall–Kier alpha value is -3.52. The predicted octanol–water partition coefficient (Wildman–Crippen LogP) is 5.84. The molecule has 1 aromatic heterocycles. The third kappa shape index (κ3) is 3.70. The van der Waals surface area contributed by atoms with Crippen LogP contribution in [0.3, 0.4) is 0 Å². The summed E-state index contributed by atoms with van der Waals surface area (Å²) in [5, 5.41) is 0. The van der Waals surface area contributed by atoms with Crippen LogP contribution in [0.25, 0.3) is 22.4 Å². The number of aromatic nitrogens is 1. The number of Topliss-reactive ketones (excluding diaryl/α,β-unsaturated/α-hetero) is 1. The zero-order chi connectivity index (χ0) is 18.5. The van der Waals surface area contributed by atoms with Crippen LogP contribution >= 0.6 is 0 Å². The molecular formula is C25H19NO. The van der Waals surface area contributed by atoms with E-state index in [1.165, 1.54) is 0 Å². The Morgan fingerprint density at radius 1 is 0.667 bits per heavy atom. The fraction of sp³-hybridized carbons (Fsp3) is 0.0400. The van der Waals surface area contributed by atoms with Crippen molar-refractivity contribution in [2.45, 2.75) is 6.42 Å². The van der Waals surface area contributed by atoms with Crippen molar-refractivity contribution in [3.05, 3.63) is 114 Å². The van der Waals surface area contributed by atoms with E-state index in [-0.39, 0.29) is 5.78 Å². The Morgan fingerprint density at radius 2 is 1.33 bits per heavy atom. The van der Waals surface area contributed by atoms with Crippen LogP contribution in [-0.4, -0.2) is 10.8 Å². The largest absolute Gasteiger partial charge is 0.294 e. The molecule has 0 unspecified atom stereocenters. The van der Waals surface area contributed by atoms with Crippen LogP contribution in [-0.2, 0) is 6.42 Å². The molecule has 130 valence electrons. The van der Waals surface area contributed by atoms with Crippen LogP contribution in [0.2, 0.25) is 0 Å². The van der Waals surface area contributed by atoms with Gasteiger partial charge in [0, 0.05) is 23.7 Å². The molecule has 0 saturated carbocycles. The first-order valence-electron chi connectivity index (χ1n) is 9.00. The lowest BCUT2D eigenvalue weighted by Gasteiger charge is -2.11. The third-order valence-electron chi connectivity index (χ3n) is 4.62. The highest BCUT2D eigenvalue weighted by molar-refractivity contribution is 6.04. The second-order valence-corrected chi connectivity index (χ2v) is 6.38. The molecular weight excluding hydrogens is 330 g/mol. The van der Waals surface area contributed by atoms with Gasteiger partial charge in [0.25, 0.3) is 0 Å². The normalized spacial score (nSPS) is 10.5. The fourth-order valence-electron chi connectivity index (χ4n) is 3.31. The summed E-state index contributed by atoms with van der Waals surface area (Å²) in [6.45, 7) is 0. The minimum Gasteiger partial charge on any atom is -0.294 e. The van der Waals surface area contributed by atoms with Crippen molar-refractivity contribution in [3.8, 4) is 22.4 Å². The number of hydrogen-bond donors (Lipinski definition) is 0. The molecule has 0 N–H and O–H groups in total. The average molecular weight is 349 g/mol. The summed E-state index contributed by atoms with van der Waals surface area (Å²) < 4.78 is 0. The molecule has 4 rings (SSSR count). The van der Waals surface area contributed by atoms with Crippen LogP contribution < -0.4 is 0 Å². The van der Waals surface area contributed by atoms with Crippen LogP contribution in [0.1, 0.15) is 15.9 Å². The van der Waals surface area contributed by atoms with E-state index in [2.05, 4.69) is 4.98 Å². The first-order chi connectivity index (χ1) is 13.3. The number of nitrogens with zero attached hydrogens (tertiary/aromatic N) is 1. The summed E-state index contributed by atoms with van der Waals surface area (Å²) in [6, 6.07) is 31.7. The summed E-state index contributed by atoms with van der Waals surface area (Å²) in [5.74, 6) is 0.109. The van der Waals surface area contributed by atoms with Crippen molar-refractivity contribution in [1.29, 1.82) is 0 Å². The van der Waals surface area contributed by atoms with Crippen molar-refractivity contribution >= 4 is 5.78 Å². The molecule has 27 heavy (non-hydrogen) atoms. The van der Waals surface area contributed by atoms with Gasteiger partial charge >= 0.3 is 0 Å². The van der Waals surface area contributed by atoms with Gasteiger partial charge in [0.05, 0.1) is 5.69 Å². The van der Waals surface area contributed by atoms with Crippen molar-refractivity contribution in [1.82, 2.24) is 4.98 Å². The lowest BCUT2D eigenvalue weighted by Crippen LogP contribution is -2.06. The molecule has 2 nitrogen and oxygen atoms in total. The lowest BCUT2D eigenvalue weighted by molar-refractivity contribution is 0.0993. The molecule has 0 saturated heterocycles. The van der Waals surface area contributed by atoms with E-state index in [0.29, 0.717) is 6.42 Å². The van der Waals surface area contributed by atoms with Crippen molar-refractivity contribution in [3.63, 3.8) is 0 Å². The highest BCUT2D eigenvalue weighted by Crippen LogP contribution is 2.27. The number of rotatable bonds is 5. The lowest BCUT2D eigenvalue weighted by atomic mass is 9.92. The molecule has 0 spiro atoms. The van der Waals surface area contributed by atoms with Gasteiger partial charge in [-0.2, -0.15) is 0 Å². The monoisotopic (exact) mass is 349 g/mol. The van der Waals surface area contributed by atoms with Gasteiger partial charge in [0.15, 0.2) is 5.78 Å². The van der Waals surface area contributed by atoms with Crippen LogP contribution in [0, 0.1) is 0 Å². The summed E-state index contributed by atoms with van der Waals surface area (Å²) in [4.78, 5) is 17.6. The number of benzene rings is 3. The molecule has 3 aromatic carbocycles. The predicted molar refractivity (Wildman–Crippen MR) is 110 cm³/mol. The van der Waals surface area contributed by atoms with E-state index in [1.807, 2.05) is 97.1 Å². The van der Waals surface area contributed by atoms with E-state index in [1.54, 1.807) is 6.20 Å². The summed E-state index contributed by atoms with van der Waals surface area (Å²) in [5.41, 5.74) is 5.65. The number of pyridine rings is 1. The Labute approximate surface area is 159 Å². The number of carbonyl (C=O) groups is 1. The molecule has 0 aliphatic rings. The third-order valence-corrected chi connectivity index (χ3v) is 4.62. The van der Waals surface area contributed by atoms with Gasteiger partial charge in [-0.3, -0.25) is 9.78 Å². The molecule has 0 fully saturated rings. The maximum absolute atomic E-state index is 13.2. The highest BCUT2D eigenvalue weighted by Gasteiger charge is 2.15. The number of ketones is 1. The van der Waals surface area contributed by atoms with Crippen molar-refractivity contribution < 1.29 is 4.79 Å². The van der Waals surface area contributed by atoms with E-state index in [0.717, 1.165) is 33.5 Å². The van der Waals surface area contributed by atoms with Crippen molar-refractivity contribution in [2.75, 3.05) is 0 Å². The Bertz CT molecular complexity index is 1060. The topological polar surface area (TPSA) is 30.0 Å². The van der Waals surface area contributed by atoms with Crippen LogP contribution in [0.4, 0.5) is 0 Å². The second-order valence-electron chi connectivity index (χ2n) is 6.38. The van der Waals surface area contributed by atoms with Gasteiger partial charge in [-0.15, -0.1) is 0 Å². The van der Waals surface area contributed by atoms with Crippen LogP contribution in [0.5, 0.6) is 0 Å².